The standard InChI is InChI=1S/C29H39N5O2/c1-5-21(4)27(31-23-12-10-22(11-13-23)29(36)33-18-16-30-17-19-33)32-28-25(20(2)3)14-15-26(35)34(28)24-8-6-7-9-24/h10-15,24,30-31H,5-9,16-19H2,1-4H3/b27-21+,32-28+. The molecule has 2 N–H and O–H groups in total. The number of carbonyl (C=O) groups excluding carboxylic acids is 2. The monoisotopic (exact) mass is 489 g/mol. The fourth-order valence-corrected chi connectivity index (χ4v) is 4.95. The summed E-state index contributed by atoms with van der Waals surface area (Å²) in [5.74, 6) is 1.56. The number of anilines is 1. The number of hydrogen-bond acceptors (Lipinski definition) is 5. The van der Waals surface area contributed by atoms with E-state index in [9.17, 15) is 9.59 Å². The van der Waals surface area contributed by atoms with E-state index in [0.29, 0.717) is 5.56 Å². The first-order valence-electron chi connectivity index (χ1n) is 13.2. The fourth-order valence-electron chi connectivity index (χ4n) is 4.95. The van der Waals surface area contributed by atoms with Gasteiger partial charge in [-0.1, -0.05) is 25.3 Å². The first kappa shape index (κ1) is 25.9. The Hall–Kier alpha value is -3.19. The highest BCUT2D eigenvalue weighted by Gasteiger charge is 2.33. The molecule has 1 aromatic carbocycles. The second-order valence-electron chi connectivity index (χ2n) is 10.1. The molecule has 0 aromatic heterocycles. The van der Waals surface area contributed by atoms with Crippen LogP contribution < -0.4 is 10.6 Å². The molecule has 36 heavy (non-hydrogen) atoms. The average molecular weight is 490 g/mol. The molecule has 2 amide bonds. The second kappa shape index (κ2) is 11.7. The van der Waals surface area contributed by atoms with Crippen LogP contribution in [0, 0.1) is 0 Å². The summed E-state index contributed by atoms with van der Waals surface area (Å²) in [6.07, 6.45) is 8.71. The summed E-state index contributed by atoms with van der Waals surface area (Å²) in [5, 5.41) is 6.76. The lowest BCUT2D eigenvalue weighted by molar-refractivity contribution is -0.124. The number of allylic oxidation sites excluding steroid dienone is 2. The highest BCUT2D eigenvalue weighted by molar-refractivity contribution is 6.16. The molecule has 1 saturated heterocycles. The molecule has 7 nitrogen and oxygen atoms in total. The maximum Gasteiger partial charge on any atom is 0.253 e. The number of rotatable bonds is 6. The average Bonchev–Trinajstić information content (AvgIpc) is 3.42. The molecule has 2 aliphatic heterocycles. The minimum atomic E-state index is 0.00919. The molecule has 1 aromatic rings. The number of aliphatic imine (C=N–C) groups is 1. The lowest BCUT2D eigenvalue weighted by Gasteiger charge is -2.33. The van der Waals surface area contributed by atoms with Crippen molar-refractivity contribution in [3.8, 4) is 0 Å². The van der Waals surface area contributed by atoms with E-state index in [1.807, 2.05) is 40.1 Å². The highest BCUT2D eigenvalue weighted by atomic mass is 16.2. The Morgan fingerprint density at radius 2 is 1.72 bits per heavy atom. The van der Waals surface area contributed by atoms with E-state index in [1.54, 1.807) is 6.08 Å². The summed E-state index contributed by atoms with van der Waals surface area (Å²) in [5.41, 5.74) is 4.79. The number of nitrogens with one attached hydrogen (secondary N) is 2. The zero-order chi connectivity index (χ0) is 25.7. The summed E-state index contributed by atoms with van der Waals surface area (Å²) in [7, 11) is 0. The summed E-state index contributed by atoms with van der Waals surface area (Å²) in [6, 6.07) is 7.80. The van der Waals surface area contributed by atoms with Crippen LogP contribution in [0.4, 0.5) is 5.69 Å². The number of benzene rings is 1. The quantitative estimate of drug-likeness (QED) is 0.598. The Labute approximate surface area is 215 Å². The topological polar surface area (TPSA) is 77.0 Å². The molecule has 7 heteroatoms. The zero-order valence-electron chi connectivity index (χ0n) is 22.1. The lowest BCUT2D eigenvalue weighted by atomic mass is 10.0. The van der Waals surface area contributed by atoms with Gasteiger partial charge in [0.05, 0.1) is 0 Å². The van der Waals surface area contributed by atoms with Crippen LogP contribution in [0.2, 0.25) is 0 Å². The predicted octanol–water partition coefficient (Wildman–Crippen LogP) is 4.86. The van der Waals surface area contributed by atoms with Crippen molar-refractivity contribution in [2.24, 2.45) is 4.99 Å². The van der Waals surface area contributed by atoms with E-state index < -0.39 is 0 Å². The molecule has 1 saturated carbocycles. The van der Waals surface area contributed by atoms with Gasteiger partial charge in [-0.2, -0.15) is 0 Å². The van der Waals surface area contributed by atoms with Crippen molar-refractivity contribution in [1.29, 1.82) is 0 Å². The molecule has 0 radical (unpaired) electrons. The van der Waals surface area contributed by atoms with E-state index in [4.69, 9.17) is 4.99 Å². The Kier molecular flexibility index (Phi) is 8.41. The lowest BCUT2D eigenvalue weighted by Crippen LogP contribution is -2.46. The minimum Gasteiger partial charge on any atom is -0.340 e. The zero-order valence-corrected chi connectivity index (χ0v) is 22.1. The van der Waals surface area contributed by atoms with Crippen LogP contribution in [0.5, 0.6) is 0 Å². The number of amidine groups is 1. The van der Waals surface area contributed by atoms with Gasteiger partial charge >= 0.3 is 0 Å². The SMILES string of the molecule is CC/C(C)=C(/N=C1\C(=C(C)C)C=CC(=O)N1C1CCCC1)Nc1ccc(C(=O)N2CCNCC2)cc1. The molecular weight excluding hydrogens is 450 g/mol. The normalized spacial score (nSPS) is 20.7. The third kappa shape index (κ3) is 5.78. The predicted molar refractivity (Wildman–Crippen MR) is 146 cm³/mol. The summed E-state index contributed by atoms with van der Waals surface area (Å²) >= 11 is 0. The summed E-state index contributed by atoms with van der Waals surface area (Å²) in [4.78, 5) is 34.8. The molecule has 4 rings (SSSR count). The molecule has 0 bridgehead atoms. The maximum atomic E-state index is 13.0. The van der Waals surface area contributed by atoms with Crippen LogP contribution in [-0.4, -0.2) is 59.7 Å². The van der Waals surface area contributed by atoms with Crippen molar-refractivity contribution in [3.05, 3.63) is 64.5 Å². The molecule has 192 valence electrons. The van der Waals surface area contributed by atoms with Gasteiger partial charge in [-0.05, 0) is 75.9 Å². The van der Waals surface area contributed by atoms with Crippen LogP contribution in [0.3, 0.4) is 0 Å². The third-order valence-corrected chi connectivity index (χ3v) is 7.28. The van der Waals surface area contributed by atoms with Crippen molar-refractivity contribution in [3.63, 3.8) is 0 Å². The van der Waals surface area contributed by atoms with Crippen LogP contribution in [0.15, 0.2) is 64.0 Å². The number of carbonyl (C=O) groups is 2. The van der Waals surface area contributed by atoms with Crippen molar-refractivity contribution >= 4 is 23.3 Å². The van der Waals surface area contributed by atoms with E-state index in [-0.39, 0.29) is 17.9 Å². The van der Waals surface area contributed by atoms with Gasteiger partial charge in [-0.25, -0.2) is 4.99 Å². The molecule has 2 fully saturated rings. The van der Waals surface area contributed by atoms with Crippen molar-refractivity contribution in [2.75, 3.05) is 31.5 Å². The highest BCUT2D eigenvalue weighted by Crippen LogP contribution is 2.30. The number of amides is 2. The number of nitrogens with zero attached hydrogens (tertiary/aromatic N) is 3. The van der Waals surface area contributed by atoms with Gasteiger partial charge in [0.25, 0.3) is 11.8 Å². The van der Waals surface area contributed by atoms with E-state index >= 15 is 0 Å². The van der Waals surface area contributed by atoms with Crippen molar-refractivity contribution < 1.29 is 9.59 Å². The van der Waals surface area contributed by atoms with Gasteiger partial charge in [-0.15, -0.1) is 0 Å². The largest absolute Gasteiger partial charge is 0.340 e. The minimum absolute atomic E-state index is 0.00919. The van der Waals surface area contributed by atoms with Gasteiger partial charge in [0.15, 0.2) is 0 Å². The summed E-state index contributed by atoms with van der Waals surface area (Å²) < 4.78 is 0. The summed E-state index contributed by atoms with van der Waals surface area (Å²) in [6.45, 7) is 11.4. The molecule has 0 atom stereocenters. The Balaban J connectivity index is 1.63. The van der Waals surface area contributed by atoms with Crippen LogP contribution >= 0.6 is 0 Å². The smallest absolute Gasteiger partial charge is 0.253 e. The van der Waals surface area contributed by atoms with E-state index in [2.05, 4.69) is 38.3 Å². The Morgan fingerprint density at radius 3 is 2.33 bits per heavy atom. The molecule has 2 heterocycles. The van der Waals surface area contributed by atoms with Gasteiger partial charge in [-0.3, -0.25) is 14.5 Å². The first-order valence-corrected chi connectivity index (χ1v) is 13.2. The molecule has 3 aliphatic rings. The maximum absolute atomic E-state index is 13.0. The van der Waals surface area contributed by atoms with Crippen LogP contribution in [0.25, 0.3) is 0 Å². The molecule has 0 unspecified atom stereocenters. The van der Waals surface area contributed by atoms with Gasteiger partial charge in [0.1, 0.15) is 11.7 Å². The van der Waals surface area contributed by atoms with Gasteiger partial charge < -0.3 is 15.5 Å². The Bertz CT molecular complexity index is 1100. The molecule has 1 aliphatic carbocycles. The van der Waals surface area contributed by atoms with E-state index in [1.165, 1.54) is 0 Å². The van der Waals surface area contributed by atoms with Crippen molar-refractivity contribution in [1.82, 2.24) is 15.1 Å². The van der Waals surface area contributed by atoms with Gasteiger partial charge in [0.2, 0.25) is 0 Å². The van der Waals surface area contributed by atoms with E-state index in [0.717, 1.165) is 92.3 Å². The number of hydrogen-bond donors (Lipinski definition) is 2. The van der Waals surface area contributed by atoms with Gasteiger partial charge in [0, 0.05) is 55.1 Å². The van der Waals surface area contributed by atoms with Crippen LogP contribution in [-0.2, 0) is 4.79 Å². The second-order valence-corrected chi connectivity index (χ2v) is 10.1. The van der Waals surface area contributed by atoms with Crippen LogP contribution in [0.1, 0.15) is 70.2 Å². The third-order valence-electron chi connectivity index (χ3n) is 7.28. The Morgan fingerprint density at radius 1 is 1.06 bits per heavy atom. The fraction of sp³-hybridized carbons (Fsp3) is 0.483. The van der Waals surface area contributed by atoms with Crippen molar-refractivity contribution in [2.45, 2.75) is 65.8 Å². The molecular formula is C29H39N5O2. The number of piperazine rings is 1. The molecule has 0 spiro atoms. The first-order chi connectivity index (χ1) is 17.4.